The van der Waals surface area contributed by atoms with E-state index in [4.69, 9.17) is 17.2 Å². The van der Waals surface area contributed by atoms with E-state index in [0.29, 0.717) is 0 Å². The lowest BCUT2D eigenvalue weighted by molar-refractivity contribution is -0.142. The van der Waals surface area contributed by atoms with Gasteiger partial charge < -0.3 is 64.6 Å². The van der Waals surface area contributed by atoms with Gasteiger partial charge in [-0.15, -0.1) is 0 Å². The van der Waals surface area contributed by atoms with Gasteiger partial charge in [0.15, 0.2) is 0 Å². The van der Waals surface area contributed by atoms with Crippen molar-refractivity contribution in [2.24, 2.45) is 23.1 Å². The Morgan fingerprint density at radius 1 is 0.558 bits per heavy atom. The fraction of sp³-hybridized carbons (Fsp3) is 0.621. The van der Waals surface area contributed by atoms with E-state index in [-0.39, 0.29) is 25.2 Å². The fourth-order valence-electron chi connectivity index (χ4n) is 4.09. The molecule has 0 bridgehead atoms. The van der Waals surface area contributed by atoms with Crippen molar-refractivity contribution in [3.05, 3.63) is 0 Å². The first kappa shape index (κ1) is 46.1. The highest BCUT2D eigenvalue weighted by atomic mass is 16.4. The summed E-state index contributed by atoms with van der Waals surface area (Å²) >= 11 is 0. The van der Waals surface area contributed by atoms with E-state index in [1.54, 1.807) is 13.8 Å². The van der Waals surface area contributed by atoms with Gasteiger partial charge >= 0.3 is 11.9 Å². The van der Waals surface area contributed by atoms with Crippen LogP contribution >= 0.6 is 0 Å². The number of carbonyl (C=O) groups excluding carboxylic acids is 9. The molecule has 0 aliphatic carbocycles. The summed E-state index contributed by atoms with van der Waals surface area (Å²) in [5.74, 6) is -11.1. The topological polar surface area (TPSA) is 390 Å². The minimum absolute atomic E-state index is 0.0550. The Balaban J connectivity index is 5.26. The van der Waals surface area contributed by atoms with Crippen molar-refractivity contribution >= 4 is 65.1 Å². The molecule has 0 aromatic heterocycles. The lowest BCUT2D eigenvalue weighted by atomic mass is 10.0. The van der Waals surface area contributed by atoms with Gasteiger partial charge in [0.25, 0.3) is 0 Å². The number of rotatable bonds is 25. The summed E-state index contributed by atoms with van der Waals surface area (Å²) in [5.41, 5.74) is 15.7. The number of primary amides is 2. The molecule has 0 heterocycles. The molecule has 23 heteroatoms. The second-order valence-electron chi connectivity index (χ2n) is 11.9. The highest BCUT2D eigenvalue weighted by molar-refractivity contribution is 5.97. The maximum absolute atomic E-state index is 13.0. The van der Waals surface area contributed by atoms with E-state index in [1.165, 1.54) is 6.92 Å². The number of nitrogens with two attached hydrogens (primary N) is 3. The van der Waals surface area contributed by atoms with Crippen molar-refractivity contribution in [1.82, 2.24) is 37.2 Å². The molecule has 23 nitrogen and oxygen atoms in total. The fourth-order valence-corrected chi connectivity index (χ4v) is 4.09. The monoisotopic (exact) mass is 744 g/mol. The van der Waals surface area contributed by atoms with Crippen LogP contribution in [-0.2, 0) is 52.7 Å². The number of carboxylic acid groups (broad SMARTS) is 2. The van der Waals surface area contributed by atoms with Gasteiger partial charge in [0.1, 0.15) is 24.2 Å². The smallest absolute Gasteiger partial charge is 0.326 e. The van der Waals surface area contributed by atoms with Crippen molar-refractivity contribution in [2.75, 3.05) is 19.6 Å². The molecule has 15 N–H and O–H groups in total. The molecule has 0 aliphatic heterocycles. The largest absolute Gasteiger partial charge is 0.481 e. The molecule has 0 aromatic carbocycles. The van der Waals surface area contributed by atoms with Crippen molar-refractivity contribution < 1.29 is 63.0 Å². The summed E-state index contributed by atoms with van der Waals surface area (Å²) in [5, 5.41) is 33.9. The Morgan fingerprint density at radius 3 is 1.50 bits per heavy atom. The van der Waals surface area contributed by atoms with Crippen molar-refractivity contribution in [1.29, 1.82) is 0 Å². The minimum atomic E-state index is -1.81. The molecule has 0 spiro atoms. The predicted octanol–water partition coefficient (Wildman–Crippen LogP) is -6.24. The summed E-state index contributed by atoms with van der Waals surface area (Å²) in [4.78, 5) is 132. The zero-order chi connectivity index (χ0) is 40.1. The number of amides is 9. The van der Waals surface area contributed by atoms with Crippen LogP contribution in [0.1, 0.15) is 59.3 Å². The van der Waals surface area contributed by atoms with E-state index in [1.807, 2.05) is 0 Å². The van der Waals surface area contributed by atoms with Crippen LogP contribution in [0.25, 0.3) is 0 Å². The molecular weight excluding hydrogens is 696 g/mol. The second kappa shape index (κ2) is 23.5. The van der Waals surface area contributed by atoms with E-state index in [2.05, 4.69) is 37.2 Å². The SMILES string of the molecule is CC(C)C[C@H](NC(=O)CNC(=O)[C@H](CCC(N)=O)NC(=O)[C@H](CC(=O)O)NC(=O)CNC(=O)[C@H](C)NC(=O)CNC(=O)[C@@H](N)CCC(N)=O)C(=O)O. The summed E-state index contributed by atoms with van der Waals surface area (Å²) < 4.78 is 0. The van der Waals surface area contributed by atoms with Gasteiger partial charge in [-0.1, -0.05) is 13.8 Å². The summed E-state index contributed by atoms with van der Waals surface area (Å²) in [7, 11) is 0. The molecule has 0 fully saturated rings. The molecule has 0 radical (unpaired) electrons. The average Bonchev–Trinajstić information content (AvgIpc) is 3.04. The molecule has 0 saturated carbocycles. The van der Waals surface area contributed by atoms with Gasteiger partial charge in [0.05, 0.1) is 32.1 Å². The number of carboxylic acids is 2. The molecule has 292 valence electrons. The first-order chi connectivity index (χ1) is 24.1. The Morgan fingerprint density at radius 2 is 1.02 bits per heavy atom. The van der Waals surface area contributed by atoms with Crippen molar-refractivity contribution in [3.63, 3.8) is 0 Å². The second-order valence-corrected chi connectivity index (χ2v) is 11.9. The van der Waals surface area contributed by atoms with E-state index in [9.17, 15) is 63.0 Å². The van der Waals surface area contributed by atoms with Crippen LogP contribution in [0.4, 0.5) is 0 Å². The maximum Gasteiger partial charge on any atom is 0.326 e. The van der Waals surface area contributed by atoms with Gasteiger partial charge in [-0.2, -0.15) is 0 Å². The lowest BCUT2D eigenvalue weighted by Crippen LogP contribution is -2.56. The standard InChI is InChI=1S/C29H48N10O13/c1-13(2)8-18(29(51)52)38-23(44)12-35-27(49)16(5-7-20(32)41)39-28(50)17(9-24(45)46)37-22(43)11-33-25(47)14(3)36-21(42)10-34-26(48)15(30)4-6-19(31)40/h13-18H,4-12,30H2,1-3H3,(H2,31,40)(H2,32,41)(H,33,47)(H,34,48)(H,35,49)(H,36,42)(H,37,43)(H,38,44)(H,39,50)(H,45,46)(H,51,52)/t14-,15-,16-,17-,18-/m0/s1. The lowest BCUT2D eigenvalue weighted by Gasteiger charge is -2.23. The van der Waals surface area contributed by atoms with Crippen LogP contribution in [0.15, 0.2) is 0 Å². The molecular formula is C29H48N10O13. The third-order valence-corrected chi connectivity index (χ3v) is 6.76. The number of aliphatic carboxylic acids is 2. The van der Waals surface area contributed by atoms with Gasteiger partial charge in [-0.05, 0) is 32.1 Å². The zero-order valence-corrected chi connectivity index (χ0v) is 28.9. The van der Waals surface area contributed by atoms with Crippen LogP contribution in [0, 0.1) is 5.92 Å². The normalized spacial score (nSPS) is 13.5. The highest BCUT2D eigenvalue weighted by Crippen LogP contribution is 2.05. The average molecular weight is 745 g/mol. The third-order valence-electron chi connectivity index (χ3n) is 6.76. The van der Waals surface area contributed by atoms with Crippen molar-refractivity contribution in [2.45, 2.75) is 89.5 Å². The predicted molar refractivity (Wildman–Crippen MR) is 177 cm³/mol. The van der Waals surface area contributed by atoms with E-state index >= 15 is 0 Å². The quantitative estimate of drug-likeness (QED) is 0.0414. The first-order valence-corrected chi connectivity index (χ1v) is 15.9. The van der Waals surface area contributed by atoms with Gasteiger partial charge in [0.2, 0.25) is 53.2 Å². The van der Waals surface area contributed by atoms with Crippen LogP contribution in [0.5, 0.6) is 0 Å². The third kappa shape index (κ3) is 20.6. The molecule has 0 saturated heterocycles. The number of hydrogen-bond acceptors (Lipinski definition) is 12. The summed E-state index contributed by atoms with van der Waals surface area (Å²) in [6, 6.07) is -6.97. The molecule has 0 unspecified atom stereocenters. The van der Waals surface area contributed by atoms with Gasteiger partial charge in [0, 0.05) is 12.8 Å². The molecule has 5 atom stereocenters. The molecule has 9 amide bonds. The number of hydrogen-bond donors (Lipinski definition) is 12. The Bertz CT molecular complexity index is 1360. The van der Waals surface area contributed by atoms with Crippen LogP contribution in [-0.4, -0.2) is 125 Å². The van der Waals surface area contributed by atoms with Crippen LogP contribution in [0.2, 0.25) is 0 Å². The number of nitrogens with one attached hydrogen (secondary N) is 7. The van der Waals surface area contributed by atoms with Crippen LogP contribution in [0.3, 0.4) is 0 Å². The zero-order valence-electron chi connectivity index (χ0n) is 28.9. The van der Waals surface area contributed by atoms with Crippen molar-refractivity contribution in [3.8, 4) is 0 Å². The summed E-state index contributed by atoms with van der Waals surface area (Å²) in [6.45, 7) is 2.60. The van der Waals surface area contributed by atoms with Gasteiger partial charge in [-0.25, -0.2) is 4.79 Å². The molecule has 0 aliphatic rings. The Labute approximate surface area is 297 Å². The van der Waals surface area contributed by atoms with E-state index < -0.39 is 134 Å². The molecule has 0 aromatic rings. The Kier molecular flexibility index (Phi) is 20.9. The van der Waals surface area contributed by atoms with E-state index in [0.717, 1.165) is 0 Å². The maximum atomic E-state index is 13.0. The van der Waals surface area contributed by atoms with Crippen LogP contribution < -0.4 is 54.4 Å². The molecule has 0 rings (SSSR count). The Hall–Kier alpha value is -5.87. The summed E-state index contributed by atoms with van der Waals surface area (Å²) in [6.07, 6.45) is -1.94. The first-order valence-electron chi connectivity index (χ1n) is 15.9. The van der Waals surface area contributed by atoms with Gasteiger partial charge in [-0.3, -0.25) is 47.9 Å². The minimum Gasteiger partial charge on any atom is -0.481 e. The highest BCUT2D eigenvalue weighted by Gasteiger charge is 2.30. The molecule has 52 heavy (non-hydrogen) atoms. The number of carbonyl (C=O) groups is 11.